The zero-order chi connectivity index (χ0) is 11.4. The molecule has 1 heterocycles. The Morgan fingerprint density at radius 3 is 2.93 bits per heavy atom. The number of hydrogen-bond donors (Lipinski definition) is 1. The number of anilines is 1. The van der Waals surface area contributed by atoms with Gasteiger partial charge in [-0.3, -0.25) is 4.68 Å². The molecule has 0 bridgehead atoms. The van der Waals surface area contributed by atoms with Crippen LogP contribution in [0.1, 0.15) is 10.4 Å². The normalized spacial score (nSPS) is 10.3. The summed E-state index contributed by atoms with van der Waals surface area (Å²) in [5, 5.41) is 12.9. The number of likely N-dealkylation sites (N-methyl/N-ethyl adjacent to an activating group) is 1. The van der Waals surface area contributed by atoms with Gasteiger partial charge >= 0.3 is 5.97 Å². The second-order valence-electron chi connectivity index (χ2n) is 3.22. The Morgan fingerprint density at radius 1 is 1.73 bits per heavy atom. The highest BCUT2D eigenvalue weighted by atomic mass is 16.5. The van der Waals surface area contributed by atoms with Crippen LogP contribution in [0.4, 0.5) is 5.82 Å². The lowest BCUT2D eigenvalue weighted by Gasteiger charge is -2.19. The van der Waals surface area contributed by atoms with Gasteiger partial charge in [0.2, 0.25) is 0 Å². The topological polar surface area (TPSA) is 67.6 Å². The predicted molar refractivity (Wildman–Crippen MR) is 55.3 cm³/mol. The molecule has 1 N–H and O–H groups in total. The van der Waals surface area contributed by atoms with Gasteiger partial charge in [-0.05, 0) is 0 Å². The van der Waals surface area contributed by atoms with Gasteiger partial charge in [0, 0.05) is 27.7 Å². The molecule has 0 fully saturated rings. The Bertz CT molecular complexity index is 348. The fraction of sp³-hybridized carbons (Fsp3) is 0.556. The number of ether oxygens (including phenoxy) is 1. The van der Waals surface area contributed by atoms with Gasteiger partial charge in [-0.15, -0.1) is 0 Å². The largest absolute Gasteiger partial charge is 0.477 e. The van der Waals surface area contributed by atoms with Crippen LogP contribution >= 0.6 is 0 Å². The third-order valence-electron chi connectivity index (χ3n) is 2.13. The molecule has 0 saturated carbocycles. The smallest absolute Gasteiger partial charge is 0.341 e. The second-order valence-corrected chi connectivity index (χ2v) is 3.22. The second kappa shape index (κ2) is 4.79. The first-order valence-electron chi connectivity index (χ1n) is 4.53. The van der Waals surface area contributed by atoms with E-state index in [1.54, 1.807) is 23.7 Å². The number of nitrogens with zero attached hydrogens (tertiary/aromatic N) is 3. The van der Waals surface area contributed by atoms with Gasteiger partial charge in [-0.2, -0.15) is 5.10 Å². The minimum atomic E-state index is -0.970. The Balaban J connectivity index is 2.90. The minimum absolute atomic E-state index is 0.205. The predicted octanol–water partition coefficient (Wildman–Crippen LogP) is 0.201. The molecule has 0 amide bonds. The fourth-order valence-electron chi connectivity index (χ4n) is 1.37. The number of carboxylic acid groups (broad SMARTS) is 1. The van der Waals surface area contributed by atoms with Crippen molar-refractivity contribution in [1.82, 2.24) is 9.78 Å². The van der Waals surface area contributed by atoms with Crippen LogP contribution in [0.2, 0.25) is 0 Å². The average Bonchev–Trinajstić information content (AvgIpc) is 2.56. The Kier molecular flexibility index (Phi) is 3.68. The van der Waals surface area contributed by atoms with E-state index in [4.69, 9.17) is 9.84 Å². The van der Waals surface area contributed by atoms with Gasteiger partial charge in [0.05, 0.1) is 12.8 Å². The van der Waals surface area contributed by atoms with Crippen molar-refractivity contribution in [3.05, 3.63) is 11.8 Å². The summed E-state index contributed by atoms with van der Waals surface area (Å²) >= 11 is 0. The van der Waals surface area contributed by atoms with Gasteiger partial charge in [0.1, 0.15) is 11.4 Å². The highest BCUT2D eigenvalue weighted by molar-refractivity contribution is 5.93. The highest BCUT2D eigenvalue weighted by Gasteiger charge is 2.17. The molecule has 0 atom stereocenters. The summed E-state index contributed by atoms with van der Waals surface area (Å²) in [6, 6.07) is 0. The molecule has 0 radical (unpaired) electrons. The van der Waals surface area contributed by atoms with Crippen LogP contribution in [0.15, 0.2) is 6.20 Å². The molecular weight excluding hydrogens is 198 g/mol. The zero-order valence-electron chi connectivity index (χ0n) is 9.10. The van der Waals surface area contributed by atoms with Crippen LogP contribution in [0.3, 0.4) is 0 Å². The van der Waals surface area contributed by atoms with Crippen LogP contribution < -0.4 is 4.90 Å². The van der Waals surface area contributed by atoms with Crippen molar-refractivity contribution >= 4 is 11.8 Å². The lowest BCUT2D eigenvalue weighted by atomic mass is 10.3. The third-order valence-corrected chi connectivity index (χ3v) is 2.13. The maximum absolute atomic E-state index is 10.9. The number of aromatic nitrogens is 2. The Hall–Kier alpha value is -1.56. The summed E-state index contributed by atoms with van der Waals surface area (Å²) < 4.78 is 6.47. The Morgan fingerprint density at radius 2 is 2.40 bits per heavy atom. The summed E-state index contributed by atoms with van der Waals surface area (Å²) in [7, 11) is 5.13. The van der Waals surface area contributed by atoms with Crippen molar-refractivity contribution in [3.8, 4) is 0 Å². The van der Waals surface area contributed by atoms with E-state index in [1.165, 1.54) is 6.20 Å². The van der Waals surface area contributed by atoms with E-state index in [0.29, 0.717) is 19.0 Å². The number of carboxylic acids is 1. The first kappa shape index (κ1) is 11.5. The molecule has 0 aromatic carbocycles. The first-order chi connectivity index (χ1) is 7.07. The van der Waals surface area contributed by atoms with Gasteiger partial charge < -0.3 is 14.7 Å². The fourth-order valence-corrected chi connectivity index (χ4v) is 1.37. The van der Waals surface area contributed by atoms with Crippen LogP contribution in [0.5, 0.6) is 0 Å². The monoisotopic (exact) mass is 213 g/mol. The minimum Gasteiger partial charge on any atom is -0.477 e. The van der Waals surface area contributed by atoms with Gasteiger partial charge in [0.15, 0.2) is 0 Å². The number of methoxy groups -OCH3 is 1. The summed E-state index contributed by atoms with van der Waals surface area (Å²) in [6.45, 7) is 1.16. The van der Waals surface area contributed by atoms with Crippen molar-refractivity contribution in [2.75, 3.05) is 32.2 Å². The molecule has 6 heteroatoms. The molecule has 1 aromatic rings. The van der Waals surface area contributed by atoms with Crippen molar-refractivity contribution < 1.29 is 14.6 Å². The van der Waals surface area contributed by atoms with Crippen molar-refractivity contribution in [2.24, 2.45) is 7.05 Å². The third kappa shape index (κ3) is 2.47. The van der Waals surface area contributed by atoms with Crippen LogP contribution in [0, 0.1) is 0 Å². The lowest BCUT2D eigenvalue weighted by Crippen LogP contribution is -2.26. The maximum Gasteiger partial charge on any atom is 0.341 e. The molecule has 0 aliphatic rings. The van der Waals surface area contributed by atoms with E-state index >= 15 is 0 Å². The van der Waals surface area contributed by atoms with E-state index in [2.05, 4.69) is 5.10 Å². The van der Waals surface area contributed by atoms with Crippen molar-refractivity contribution in [1.29, 1.82) is 0 Å². The zero-order valence-corrected chi connectivity index (χ0v) is 9.10. The summed E-state index contributed by atoms with van der Waals surface area (Å²) in [5.74, 6) is -0.387. The number of carbonyl (C=O) groups is 1. The van der Waals surface area contributed by atoms with E-state index in [0.717, 1.165) is 0 Å². The first-order valence-corrected chi connectivity index (χ1v) is 4.53. The molecule has 1 rings (SSSR count). The molecule has 0 saturated heterocycles. The molecule has 0 spiro atoms. The average molecular weight is 213 g/mol. The molecule has 0 aliphatic heterocycles. The molecule has 1 aromatic heterocycles. The summed E-state index contributed by atoms with van der Waals surface area (Å²) in [6.07, 6.45) is 1.35. The van der Waals surface area contributed by atoms with Crippen molar-refractivity contribution in [3.63, 3.8) is 0 Å². The molecule has 15 heavy (non-hydrogen) atoms. The van der Waals surface area contributed by atoms with Crippen LogP contribution in [-0.4, -0.2) is 48.2 Å². The number of aromatic carboxylic acids is 1. The van der Waals surface area contributed by atoms with E-state index in [1.807, 2.05) is 7.05 Å². The van der Waals surface area contributed by atoms with E-state index < -0.39 is 5.97 Å². The molecular formula is C9H15N3O3. The number of aryl methyl sites for hydroxylation is 1. The standard InChI is InChI=1S/C9H15N3O3/c1-11(4-5-15-3)8-7(9(13)14)6-10-12(8)2/h6H,4-5H2,1-3H3,(H,13,14). The summed E-state index contributed by atoms with van der Waals surface area (Å²) in [4.78, 5) is 12.7. The highest BCUT2D eigenvalue weighted by Crippen LogP contribution is 2.17. The molecule has 0 aliphatic carbocycles. The van der Waals surface area contributed by atoms with Crippen LogP contribution in [-0.2, 0) is 11.8 Å². The van der Waals surface area contributed by atoms with E-state index in [-0.39, 0.29) is 5.56 Å². The number of rotatable bonds is 5. The lowest BCUT2D eigenvalue weighted by molar-refractivity contribution is 0.0697. The Labute approximate surface area is 88.1 Å². The quantitative estimate of drug-likeness (QED) is 0.756. The number of hydrogen-bond acceptors (Lipinski definition) is 4. The van der Waals surface area contributed by atoms with E-state index in [9.17, 15) is 4.79 Å². The van der Waals surface area contributed by atoms with Crippen molar-refractivity contribution in [2.45, 2.75) is 0 Å². The van der Waals surface area contributed by atoms with Gasteiger partial charge in [0.25, 0.3) is 0 Å². The SMILES string of the molecule is COCCN(C)c1c(C(=O)O)cnn1C. The van der Waals surface area contributed by atoms with Crippen LogP contribution in [0.25, 0.3) is 0 Å². The molecule has 84 valence electrons. The molecule has 6 nitrogen and oxygen atoms in total. The molecule has 0 unspecified atom stereocenters. The summed E-state index contributed by atoms with van der Waals surface area (Å²) in [5.41, 5.74) is 0.205. The van der Waals surface area contributed by atoms with Gasteiger partial charge in [-0.1, -0.05) is 0 Å². The van der Waals surface area contributed by atoms with Gasteiger partial charge in [-0.25, -0.2) is 4.79 Å². The maximum atomic E-state index is 10.9.